The molecule has 7 heteroatoms. The SMILES string of the molecule is CC1Nc2ccccc2C1([N+](=O)[O-])[N+](=O)[O-]. The van der Waals surface area contributed by atoms with E-state index in [1.165, 1.54) is 13.0 Å². The zero-order chi connectivity index (χ0) is 11.9. The van der Waals surface area contributed by atoms with Crippen molar-refractivity contribution in [1.82, 2.24) is 0 Å². The highest BCUT2D eigenvalue weighted by atomic mass is 16.7. The molecule has 1 N–H and O–H groups in total. The monoisotopic (exact) mass is 223 g/mol. The summed E-state index contributed by atoms with van der Waals surface area (Å²) in [7, 11) is 0. The minimum atomic E-state index is -2.28. The molecule has 1 aromatic carbocycles. The van der Waals surface area contributed by atoms with Gasteiger partial charge in [0.2, 0.25) is 0 Å². The Balaban J connectivity index is 2.71. The fourth-order valence-corrected chi connectivity index (χ4v) is 2.08. The van der Waals surface area contributed by atoms with Crippen LogP contribution in [0.3, 0.4) is 0 Å². The Morgan fingerprint density at radius 3 is 2.38 bits per heavy atom. The van der Waals surface area contributed by atoms with Gasteiger partial charge in [0.15, 0.2) is 6.04 Å². The Morgan fingerprint density at radius 1 is 1.25 bits per heavy atom. The number of hydrogen-bond donors (Lipinski definition) is 1. The molecule has 0 amide bonds. The third kappa shape index (κ3) is 1.02. The number of nitro groups is 2. The van der Waals surface area contributed by atoms with E-state index in [4.69, 9.17) is 0 Å². The zero-order valence-corrected chi connectivity index (χ0v) is 8.41. The fraction of sp³-hybridized carbons (Fsp3) is 0.333. The first kappa shape index (κ1) is 10.3. The first-order chi connectivity index (χ1) is 7.51. The van der Waals surface area contributed by atoms with Crippen molar-refractivity contribution in [3.63, 3.8) is 0 Å². The second-order valence-corrected chi connectivity index (χ2v) is 3.65. The molecular formula is C9H9N3O4. The summed E-state index contributed by atoms with van der Waals surface area (Å²) in [5, 5.41) is 24.9. The van der Waals surface area contributed by atoms with Crippen molar-refractivity contribution in [2.45, 2.75) is 18.6 Å². The predicted molar refractivity (Wildman–Crippen MR) is 55.2 cm³/mol. The number of rotatable bonds is 2. The Bertz CT molecular complexity index is 460. The maximum atomic E-state index is 11.1. The van der Waals surface area contributed by atoms with Gasteiger partial charge in [0.1, 0.15) is 15.4 Å². The topological polar surface area (TPSA) is 98.3 Å². The third-order valence-electron chi connectivity index (χ3n) is 2.86. The Morgan fingerprint density at radius 2 is 1.81 bits per heavy atom. The molecule has 84 valence electrons. The van der Waals surface area contributed by atoms with Crippen molar-refractivity contribution < 1.29 is 9.85 Å². The summed E-state index contributed by atoms with van der Waals surface area (Å²) in [4.78, 5) is 20.5. The van der Waals surface area contributed by atoms with E-state index in [0.717, 1.165) is 0 Å². The number of para-hydroxylation sites is 1. The van der Waals surface area contributed by atoms with Crippen LogP contribution < -0.4 is 5.32 Å². The normalized spacial score (nSPS) is 20.9. The van der Waals surface area contributed by atoms with E-state index in [1.807, 2.05) is 0 Å². The molecule has 0 saturated heterocycles. The highest BCUT2D eigenvalue weighted by Crippen LogP contribution is 2.41. The van der Waals surface area contributed by atoms with E-state index in [2.05, 4.69) is 5.32 Å². The zero-order valence-electron chi connectivity index (χ0n) is 8.41. The molecule has 1 aliphatic rings. The summed E-state index contributed by atoms with van der Waals surface area (Å²) < 4.78 is 0. The average Bonchev–Trinajstić information content (AvgIpc) is 2.50. The lowest BCUT2D eigenvalue weighted by molar-refractivity contribution is -0.810. The highest BCUT2D eigenvalue weighted by molar-refractivity contribution is 5.59. The largest absolute Gasteiger partial charge is 0.505 e. The molecule has 0 fully saturated rings. The molecule has 1 atom stereocenters. The van der Waals surface area contributed by atoms with Crippen molar-refractivity contribution in [2.75, 3.05) is 5.32 Å². The van der Waals surface area contributed by atoms with Gasteiger partial charge in [-0.1, -0.05) is 12.1 Å². The molecule has 0 aromatic heterocycles. The smallest absolute Gasteiger partial charge is 0.369 e. The summed E-state index contributed by atoms with van der Waals surface area (Å²) in [6.07, 6.45) is 0. The van der Waals surface area contributed by atoms with Gasteiger partial charge in [-0.2, -0.15) is 0 Å². The fourth-order valence-electron chi connectivity index (χ4n) is 2.08. The predicted octanol–water partition coefficient (Wildman–Crippen LogP) is 1.21. The maximum absolute atomic E-state index is 11.1. The maximum Gasteiger partial charge on any atom is 0.505 e. The molecule has 1 heterocycles. The molecule has 0 radical (unpaired) electrons. The lowest BCUT2D eigenvalue weighted by Crippen LogP contribution is -2.50. The molecule has 0 bridgehead atoms. The number of benzene rings is 1. The van der Waals surface area contributed by atoms with Crippen LogP contribution in [0.1, 0.15) is 12.5 Å². The molecular weight excluding hydrogens is 214 g/mol. The van der Waals surface area contributed by atoms with Gasteiger partial charge in [-0.15, -0.1) is 0 Å². The summed E-state index contributed by atoms with van der Waals surface area (Å²) in [6, 6.07) is 5.36. The summed E-state index contributed by atoms with van der Waals surface area (Å²) in [5.74, 6) is 0. The summed E-state index contributed by atoms with van der Waals surface area (Å²) >= 11 is 0. The summed E-state index contributed by atoms with van der Waals surface area (Å²) in [6.45, 7) is 1.44. The van der Waals surface area contributed by atoms with Gasteiger partial charge in [0, 0.05) is 0 Å². The van der Waals surface area contributed by atoms with E-state index in [-0.39, 0.29) is 5.56 Å². The van der Waals surface area contributed by atoms with Gasteiger partial charge in [-0.05, 0) is 19.1 Å². The van der Waals surface area contributed by atoms with Crippen LogP contribution >= 0.6 is 0 Å². The minimum Gasteiger partial charge on any atom is -0.369 e. The van der Waals surface area contributed by atoms with E-state index < -0.39 is 21.6 Å². The van der Waals surface area contributed by atoms with Crippen LogP contribution in [0.2, 0.25) is 0 Å². The number of nitrogens with zero attached hydrogens (tertiary/aromatic N) is 2. The van der Waals surface area contributed by atoms with Gasteiger partial charge in [0.05, 0.1) is 5.69 Å². The molecule has 0 spiro atoms. The van der Waals surface area contributed by atoms with Gasteiger partial charge in [-0.25, -0.2) is 0 Å². The Hall–Kier alpha value is -2.18. The minimum absolute atomic E-state index is 0.109. The van der Waals surface area contributed by atoms with Crippen LogP contribution in [0.15, 0.2) is 24.3 Å². The van der Waals surface area contributed by atoms with Crippen LogP contribution in [-0.4, -0.2) is 15.9 Å². The number of nitrogens with one attached hydrogen (secondary N) is 1. The molecule has 0 aliphatic carbocycles. The van der Waals surface area contributed by atoms with Crippen LogP contribution in [-0.2, 0) is 5.66 Å². The van der Waals surface area contributed by atoms with Crippen LogP contribution in [0.4, 0.5) is 5.69 Å². The van der Waals surface area contributed by atoms with Crippen LogP contribution in [0.25, 0.3) is 0 Å². The van der Waals surface area contributed by atoms with Gasteiger partial charge in [-0.3, -0.25) is 20.2 Å². The molecule has 1 unspecified atom stereocenters. The van der Waals surface area contributed by atoms with Crippen molar-refractivity contribution in [3.05, 3.63) is 50.1 Å². The molecule has 1 aromatic rings. The summed E-state index contributed by atoms with van der Waals surface area (Å²) in [5.41, 5.74) is -1.72. The second kappa shape index (κ2) is 3.16. The van der Waals surface area contributed by atoms with Gasteiger partial charge in [0.25, 0.3) is 0 Å². The van der Waals surface area contributed by atoms with E-state index in [0.29, 0.717) is 5.69 Å². The lowest BCUT2D eigenvalue weighted by atomic mass is 9.97. The molecule has 1 aliphatic heterocycles. The van der Waals surface area contributed by atoms with Gasteiger partial charge >= 0.3 is 5.66 Å². The molecule has 16 heavy (non-hydrogen) atoms. The standard InChI is InChI=1S/C9H9N3O4/c1-6-9(11(13)14,12(15)16)7-4-2-3-5-8(7)10-6/h2-6,10H,1H3. The van der Waals surface area contributed by atoms with Crippen molar-refractivity contribution in [3.8, 4) is 0 Å². The highest BCUT2D eigenvalue weighted by Gasteiger charge is 2.67. The van der Waals surface area contributed by atoms with E-state index in [1.54, 1.807) is 18.2 Å². The Labute approximate surface area is 90.4 Å². The first-order valence-corrected chi connectivity index (χ1v) is 4.66. The van der Waals surface area contributed by atoms with Crippen LogP contribution in [0.5, 0.6) is 0 Å². The number of fused-ring (bicyclic) bond motifs is 1. The first-order valence-electron chi connectivity index (χ1n) is 4.66. The number of anilines is 1. The quantitative estimate of drug-likeness (QED) is 0.461. The van der Waals surface area contributed by atoms with Gasteiger partial charge < -0.3 is 5.32 Å². The van der Waals surface area contributed by atoms with Crippen molar-refractivity contribution in [1.29, 1.82) is 0 Å². The Kier molecular flexibility index (Phi) is 2.04. The molecule has 2 rings (SSSR count). The van der Waals surface area contributed by atoms with Crippen molar-refractivity contribution >= 4 is 5.69 Å². The van der Waals surface area contributed by atoms with Crippen molar-refractivity contribution in [2.24, 2.45) is 0 Å². The number of hydrogen-bond acceptors (Lipinski definition) is 5. The lowest BCUT2D eigenvalue weighted by Gasteiger charge is -2.15. The van der Waals surface area contributed by atoms with Crippen LogP contribution in [0, 0.1) is 20.2 Å². The molecule has 7 nitrogen and oxygen atoms in total. The average molecular weight is 223 g/mol. The third-order valence-corrected chi connectivity index (χ3v) is 2.86. The van der Waals surface area contributed by atoms with E-state index in [9.17, 15) is 20.2 Å². The van der Waals surface area contributed by atoms with E-state index >= 15 is 0 Å². The molecule has 0 saturated carbocycles. The second-order valence-electron chi connectivity index (χ2n) is 3.65.